The summed E-state index contributed by atoms with van der Waals surface area (Å²) in [4.78, 5) is 38.7. The Morgan fingerprint density at radius 1 is 1.12 bits per heavy atom. The fraction of sp³-hybridized carbons (Fsp3) is 0.444. The van der Waals surface area contributed by atoms with Crippen LogP contribution in [-0.4, -0.2) is 53.7 Å². The summed E-state index contributed by atoms with van der Waals surface area (Å²) in [7, 11) is 0. The Morgan fingerprint density at radius 2 is 1.71 bits per heavy atom. The zero-order valence-electron chi connectivity index (χ0n) is 19.9. The smallest absolute Gasteiger partial charge is 0.407 e. The lowest BCUT2D eigenvalue weighted by Crippen LogP contribution is -2.41. The Morgan fingerprint density at radius 3 is 2.24 bits per heavy atom. The number of hydrogen-bond donors (Lipinski definition) is 2. The zero-order chi connectivity index (χ0) is 24.5. The van der Waals surface area contributed by atoms with Crippen LogP contribution in [0, 0.1) is 11.3 Å². The number of carboxylic acid groups (broad SMARTS) is 1. The van der Waals surface area contributed by atoms with Crippen LogP contribution in [0.25, 0.3) is 11.1 Å². The first-order valence-corrected chi connectivity index (χ1v) is 11.9. The van der Waals surface area contributed by atoms with Crippen molar-refractivity contribution in [1.29, 1.82) is 0 Å². The van der Waals surface area contributed by atoms with Gasteiger partial charge in [0.15, 0.2) is 0 Å². The Bertz CT molecular complexity index is 1050. The molecule has 1 saturated heterocycles. The molecule has 0 saturated carbocycles. The largest absolute Gasteiger partial charge is 0.481 e. The Labute approximate surface area is 200 Å². The zero-order valence-corrected chi connectivity index (χ0v) is 19.9. The molecule has 3 atom stereocenters. The van der Waals surface area contributed by atoms with E-state index >= 15 is 0 Å². The van der Waals surface area contributed by atoms with E-state index in [2.05, 4.69) is 29.6 Å². The first-order valence-electron chi connectivity index (χ1n) is 11.9. The van der Waals surface area contributed by atoms with Crippen LogP contribution < -0.4 is 5.32 Å². The predicted octanol–water partition coefficient (Wildman–Crippen LogP) is 4.26. The van der Waals surface area contributed by atoms with Gasteiger partial charge in [0.25, 0.3) is 0 Å². The molecule has 0 aromatic heterocycles. The lowest BCUT2D eigenvalue weighted by Gasteiger charge is -2.24. The third-order valence-corrected chi connectivity index (χ3v) is 7.52. The number of carboxylic acids is 1. The number of ether oxygens (including phenoxy) is 1. The molecular formula is C27H32N2O5. The minimum atomic E-state index is -0.947. The van der Waals surface area contributed by atoms with E-state index < -0.39 is 17.5 Å². The second kappa shape index (κ2) is 9.49. The summed E-state index contributed by atoms with van der Waals surface area (Å²) in [6.07, 6.45) is 0.130. The van der Waals surface area contributed by atoms with Gasteiger partial charge in [0, 0.05) is 31.5 Å². The number of fused-ring (bicyclic) bond motifs is 3. The van der Waals surface area contributed by atoms with E-state index in [0.29, 0.717) is 13.0 Å². The third kappa shape index (κ3) is 4.39. The van der Waals surface area contributed by atoms with Crippen LogP contribution in [0.4, 0.5) is 4.79 Å². The van der Waals surface area contributed by atoms with Gasteiger partial charge in [-0.25, -0.2) is 4.79 Å². The van der Waals surface area contributed by atoms with Crippen molar-refractivity contribution in [3.8, 4) is 11.1 Å². The van der Waals surface area contributed by atoms with Crippen LogP contribution in [0.1, 0.15) is 50.7 Å². The third-order valence-electron chi connectivity index (χ3n) is 7.52. The van der Waals surface area contributed by atoms with E-state index in [9.17, 15) is 19.5 Å². The van der Waals surface area contributed by atoms with Gasteiger partial charge in [0.2, 0.25) is 5.91 Å². The molecule has 2 aliphatic rings. The molecule has 34 heavy (non-hydrogen) atoms. The van der Waals surface area contributed by atoms with Crippen LogP contribution in [0.2, 0.25) is 0 Å². The summed E-state index contributed by atoms with van der Waals surface area (Å²) >= 11 is 0. The maximum atomic E-state index is 12.8. The van der Waals surface area contributed by atoms with Crippen LogP contribution in [0.3, 0.4) is 0 Å². The van der Waals surface area contributed by atoms with Crippen molar-refractivity contribution in [2.75, 3.05) is 19.7 Å². The molecule has 4 rings (SSSR count). The highest BCUT2D eigenvalue weighted by atomic mass is 16.5. The SMILES string of the molecule is CC[C@H](CC(=O)N1CC(C)C(C)(C(=O)O)C1)NC(=O)OCC1c2ccccc2-c2ccccc21. The maximum Gasteiger partial charge on any atom is 0.407 e. The molecule has 2 aromatic carbocycles. The lowest BCUT2D eigenvalue weighted by molar-refractivity contribution is -0.149. The van der Waals surface area contributed by atoms with Crippen molar-refractivity contribution in [1.82, 2.24) is 10.2 Å². The minimum Gasteiger partial charge on any atom is -0.481 e. The van der Waals surface area contributed by atoms with Crippen molar-refractivity contribution in [3.05, 3.63) is 59.7 Å². The maximum absolute atomic E-state index is 12.8. The monoisotopic (exact) mass is 464 g/mol. The van der Waals surface area contributed by atoms with Gasteiger partial charge >= 0.3 is 12.1 Å². The summed E-state index contributed by atoms with van der Waals surface area (Å²) in [6, 6.07) is 15.9. The number of hydrogen-bond acceptors (Lipinski definition) is 4. The first-order chi connectivity index (χ1) is 16.2. The fourth-order valence-corrected chi connectivity index (χ4v) is 5.06. The van der Waals surface area contributed by atoms with Crippen LogP contribution >= 0.6 is 0 Å². The Balaban J connectivity index is 1.34. The Hall–Kier alpha value is -3.35. The van der Waals surface area contributed by atoms with E-state index in [-0.39, 0.29) is 43.4 Å². The van der Waals surface area contributed by atoms with Gasteiger partial charge in [-0.2, -0.15) is 0 Å². The van der Waals surface area contributed by atoms with Crippen molar-refractivity contribution in [2.45, 2.75) is 45.6 Å². The highest BCUT2D eigenvalue weighted by Gasteiger charge is 2.47. The van der Waals surface area contributed by atoms with Gasteiger partial charge in [-0.1, -0.05) is 62.4 Å². The molecule has 7 nitrogen and oxygen atoms in total. The summed E-state index contributed by atoms with van der Waals surface area (Å²) in [5.41, 5.74) is 3.67. The van der Waals surface area contributed by atoms with Crippen molar-refractivity contribution in [2.24, 2.45) is 11.3 Å². The normalized spacial score (nSPS) is 22.1. The number of alkyl carbamates (subject to hydrolysis) is 1. The molecule has 2 unspecified atom stereocenters. The molecule has 2 amide bonds. The molecule has 1 aliphatic heterocycles. The van der Waals surface area contributed by atoms with Crippen molar-refractivity contribution in [3.63, 3.8) is 0 Å². The number of aliphatic carboxylic acids is 1. The molecule has 1 heterocycles. The Kier molecular flexibility index (Phi) is 6.64. The second-order valence-electron chi connectivity index (χ2n) is 9.68. The van der Waals surface area contributed by atoms with Gasteiger partial charge in [-0.3, -0.25) is 9.59 Å². The van der Waals surface area contributed by atoms with Gasteiger partial charge < -0.3 is 20.1 Å². The number of likely N-dealkylation sites (tertiary alicyclic amines) is 1. The number of amides is 2. The molecule has 0 bridgehead atoms. The number of carbonyl (C=O) groups is 3. The van der Waals surface area contributed by atoms with Crippen LogP contribution in [0.5, 0.6) is 0 Å². The quantitative estimate of drug-likeness (QED) is 0.638. The number of rotatable bonds is 7. The minimum absolute atomic E-state index is 0.0281. The average molecular weight is 465 g/mol. The van der Waals surface area contributed by atoms with E-state index in [1.807, 2.05) is 38.1 Å². The molecule has 0 spiro atoms. The predicted molar refractivity (Wildman–Crippen MR) is 128 cm³/mol. The fourth-order valence-electron chi connectivity index (χ4n) is 5.06. The summed E-state index contributed by atoms with van der Waals surface area (Å²) < 4.78 is 5.61. The molecule has 0 radical (unpaired) electrons. The first kappa shape index (κ1) is 23.8. The molecule has 2 N–H and O–H groups in total. The number of carbonyl (C=O) groups excluding carboxylic acids is 2. The number of benzene rings is 2. The molecule has 180 valence electrons. The van der Waals surface area contributed by atoms with Gasteiger partial charge in [0.1, 0.15) is 6.61 Å². The molecule has 7 heteroatoms. The number of nitrogens with one attached hydrogen (secondary N) is 1. The second-order valence-corrected chi connectivity index (χ2v) is 9.68. The van der Waals surface area contributed by atoms with Crippen LogP contribution in [0.15, 0.2) is 48.5 Å². The molecule has 2 aromatic rings. The number of nitrogens with zero attached hydrogens (tertiary/aromatic N) is 1. The van der Waals surface area contributed by atoms with Gasteiger partial charge in [0.05, 0.1) is 5.41 Å². The molecule has 1 aliphatic carbocycles. The molecular weight excluding hydrogens is 432 g/mol. The van der Waals surface area contributed by atoms with Crippen molar-refractivity contribution >= 4 is 18.0 Å². The van der Waals surface area contributed by atoms with Gasteiger partial charge in [-0.15, -0.1) is 0 Å². The van der Waals surface area contributed by atoms with Crippen LogP contribution in [-0.2, 0) is 14.3 Å². The highest BCUT2D eigenvalue weighted by molar-refractivity contribution is 5.82. The lowest BCUT2D eigenvalue weighted by atomic mass is 9.81. The topological polar surface area (TPSA) is 95.9 Å². The van der Waals surface area contributed by atoms with E-state index in [0.717, 1.165) is 22.3 Å². The van der Waals surface area contributed by atoms with E-state index in [1.54, 1.807) is 11.8 Å². The summed E-state index contributed by atoms with van der Waals surface area (Å²) in [5.74, 6) is -1.20. The summed E-state index contributed by atoms with van der Waals surface area (Å²) in [5, 5.41) is 12.4. The summed E-state index contributed by atoms with van der Waals surface area (Å²) in [6.45, 7) is 6.24. The van der Waals surface area contributed by atoms with Gasteiger partial charge in [-0.05, 0) is 41.5 Å². The highest BCUT2D eigenvalue weighted by Crippen LogP contribution is 2.44. The average Bonchev–Trinajstić information content (AvgIpc) is 3.32. The van der Waals surface area contributed by atoms with E-state index in [1.165, 1.54) is 0 Å². The standard InChI is InChI=1S/C27H32N2O5/c1-4-18(13-24(30)29-14-17(2)27(3,16-29)25(31)32)28-26(33)34-15-23-21-11-7-5-9-19(21)20-10-6-8-12-22(20)23/h5-12,17-18,23H,4,13-16H2,1-3H3,(H,28,33)(H,31,32)/t17?,18-,27?/m1/s1. The van der Waals surface area contributed by atoms with Crippen molar-refractivity contribution < 1.29 is 24.2 Å². The van der Waals surface area contributed by atoms with E-state index in [4.69, 9.17) is 4.74 Å². The molecule has 1 fully saturated rings.